The van der Waals surface area contributed by atoms with E-state index >= 15 is 0 Å². The molecule has 7 nitrogen and oxygen atoms in total. The number of nitrogens with one attached hydrogen (secondary N) is 1. The molecule has 1 amide bonds. The van der Waals surface area contributed by atoms with Gasteiger partial charge in [-0.2, -0.15) is 0 Å². The van der Waals surface area contributed by atoms with Crippen LogP contribution in [-0.4, -0.2) is 30.7 Å². The molecule has 7 heteroatoms. The third-order valence-electron chi connectivity index (χ3n) is 4.38. The molecule has 0 saturated heterocycles. The molecule has 2 N–H and O–H groups in total. The number of rotatable bonds is 10. The van der Waals surface area contributed by atoms with Gasteiger partial charge in [-0.05, 0) is 38.0 Å². The van der Waals surface area contributed by atoms with Gasteiger partial charge in [0.15, 0.2) is 11.5 Å². The maximum absolute atomic E-state index is 12.7. The Bertz CT molecular complexity index is 826. The first-order valence-corrected chi connectivity index (χ1v) is 9.27. The van der Waals surface area contributed by atoms with Crippen molar-refractivity contribution in [2.45, 2.75) is 46.1 Å². The number of carboxylic acids is 1. The van der Waals surface area contributed by atoms with Gasteiger partial charge >= 0.3 is 5.97 Å². The minimum atomic E-state index is -1.06. The van der Waals surface area contributed by atoms with Gasteiger partial charge in [0.1, 0.15) is 12.2 Å². The van der Waals surface area contributed by atoms with Crippen molar-refractivity contribution in [2.75, 3.05) is 13.7 Å². The van der Waals surface area contributed by atoms with Gasteiger partial charge in [0.2, 0.25) is 0 Å². The first-order chi connectivity index (χ1) is 13.4. The van der Waals surface area contributed by atoms with E-state index < -0.39 is 5.97 Å². The zero-order chi connectivity index (χ0) is 20.7. The Morgan fingerprint density at radius 2 is 2.04 bits per heavy atom. The number of carboxylic acid groups (broad SMARTS) is 1. The van der Waals surface area contributed by atoms with Crippen LogP contribution in [0.4, 0.5) is 0 Å². The molecule has 0 fully saturated rings. The number of hydrogen-bond acceptors (Lipinski definition) is 5. The van der Waals surface area contributed by atoms with Crippen molar-refractivity contribution in [2.24, 2.45) is 0 Å². The molecule has 0 aliphatic carbocycles. The van der Waals surface area contributed by atoms with Gasteiger partial charge < -0.3 is 24.3 Å². The van der Waals surface area contributed by atoms with Gasteiger partial charge in [-0.25, -0.2) is 0 Å². The van der Waals surface area contributed by atoms with Gasteiger partial charge in [0.25, 0.3) is 5.91 Å². The van der Waals surface area contributed by atoms with Crippen LogP contribution in [0.2, 0.25) is 0 Å². The highest BCUT2D eigenvalue weighted by Crippen LogP contribution is 2.31. The van der Waals surface area contributed by atoms with Crippen LogP contribution in [0.1, 0.15) is 60.0 Å². The number of aryl methyl sites for hydroxylation is 1. The van der Waals surface area contributed by atoms with Gasteiger partial charge in [0, 0.05) is 5.56 Å². The average molecular weight is 389 g/mol. The van der Waals surface area contributed by atoms with Crippen LogP contribution in [-0.2, 0) is 11.2 Å². The van der Waals surface area contributed by atoms with E-state index in [1.54, 1.807) is 14.0 Å². The number of amides is 1. The van der Waals surface area contributed by atoms with Crippen molar-refractivity contribution in [3.05, 3.63) is 46.9 Å². The van der Waals surface area contributed by atoms with E-state index in [1.807, 2.05) is 25.1 Å². The van der Waals surface area contributed by atoms with Crippen LogP contribution >= 0.6 is 0 Å². The number of methoxy groups -OCH3 is 1. The van der Waals surface area contributed by atoms with E-state index in [-0.39, 0.29) is 29.7 Å². The Balaban J connectivity index is 2.14. The fourth-order valence-corrected chi connectivity index (χ4v) is 2.82. The minimum Gasteiger partial charge on any atom is -0.493 e. The lowest BCUT2D eigenvalue weighted by Gasteiger charge is -2.17. The van der Waals surface area contributed by atoms with Crippen LogP contribution in [0.15, 0.2) is 28.9 Å². The lowest BCUT2D eigenvalue weighted by Crippen LogP contribution is -2.28. The van der Waals surface area contributed by atoms with Crippen molar-refractivity contribution in [3.63, 3.8) is 0 Å². The van der Waals surface area contributed by atoms with Gasteiger partial charge in [-0.3, -0.25) is 9.59 Å². The maximum Gasteiger partial charge on any atom is 0.311 e. The topological polar surface area (TPSA) is 98.0 Å². The fourth-order valence-electron chi connectivity index (χ4n) is 2.82. The number of furan rings is 1. The largest absolute Gasteiger partial charge is 0.493 e. The van der Waals surface area contributed by atoms with E-state index in [9.17, 15) is 9.59 Å². The second-order valence-corrected chi connectivity index (χ2v) is 6.59. The normalized spacial score (nSPS) is 11.7. The first-order valence-electron chi connectivity index (χ1n) is 9.27. The summed E-state index contributed by atoms with van der Waals surface area (Å²) in [6, 6.07) is 5.20. The molecule has 2 rings (SSSR count). The van der Waals surface area contributed by atoms with E-state index in [4.69, 9.17) is 19.0 Å². The summed E-state index contributed by atoms with van der Waals surface area (Å²) in [7, 11) is 1.57. The summed E-state index contributed by atoms with van der Waals surface area (Å²) < 4.78 is 16.4. The zero-order valence-corrected chi connectivity index (χ0v) is 16.7. The summed E-state index contributed by atoms with van der Waals surface area (Å²) in [5, 5.41) is 11.9. The highest BCUT2D eigenvalue weighted by atomic mass is 16.5. The van der Waals surface area contributed by atoms with Crippen molar-refractivity contribution in [1.82, 2.24) is 5.32 Å². The molecule has 0 aliphatic rings. The van der Waals surface area contributed by atoms with E-state index in [2.05, 4.69) is 12.2 Å². The molecular weight excluding hydrogens is 362 g/mol. The third kappa shape index (κ3) is 5.28. The number of carbonyl (C=O) groups excluding carboxylic acids is 1. The Labute approximate surface area is 164 Å². The van der Waals surface area contributed by atoms with Gasteiger partial charge in [-0.15, -0.1) is 0 Å². The molecular formula is C21H27NO6. The zero-order valence-electron chi connectivity index (χ0n) is 16.7. The molecule has 1 unspecified atom stereocenters. The number of ether oxygens (including phenoxy) is 2. The molecule has 0 radical (unpaired) electrons. The maximum atomic E-state index is 12.7. The summed E-state index contributed by atoms with van der Waals surface area (Å²) in [6.45, 7) is 6.26. The average Bonchev–Trinajstić information content (AvgIpc) is 3.01. The van der Waals surface area contributed by atoms with E-state index in [1.165, 1.54) is 6.26 Å². The summed E-state index contributed by atoms with van der Waals surface area (Å²) in [6.07, 6.45) is 3.05. The predicted molar refractivity (Wildman–Crippen MR) is 104 cm³/mol. The van der Waals surface area contributed by atoms with Crippen LogP contribution in [0.5, 0.6) is 11.5 Å². The summed E-state index contributed by atoms with van der Waals surface area (Å²) >= 11 is 0. The number of benzene rings is 1. The summed E-state index contributed by atoms with van der Waals surface area (Å²) in [4.78, 5) is 23.7. The Morgan fingerprint density at radius 1 is 1.29 bits per heavy atom. The second-order valence-electron chi connectivity index (χ2n) is 6.59. The second kappa shape index (κ2) is 9.82. The van der Waals surface area contributed by atoms with Crippen LogP contribution in [0.3, 0.4) is 0 Å². The predicted octanol–water partition coefficient (Wildman–Crippen LogP) is 3.89. The number of hydrogen-bond donors (Lipinski definition) is 2. The van der Waals surface area contributed by atoms with Crippen LogP contribution in [0.25, 0.3) is 0 Å². The van der Waals surface area contributed by atoms with Gasteiger partial charge in [0.05, 0.1) is 31.6 Å². The number of unbranched alkanes of at least 4 members (excludes halogenated alkanes) is 1. The highest BCUT2D eigenvalue weighted by Gasteiger charge is 2.22. The molecule has 0 bridgehead atoms. The third-order valence-corrected chi connectivity index (χ3v) is 4.38. The summed E-state index contributed by atoms with van der Waals surface area (Å²) in [5.41, 5.74) is 1.70. The highest BCUT2D eigenvalue weighted by molar-refractivity contribution is 5.97. The molecule has 0 aliphatic heterocycles. The monoisotopic (exact) mass is 389 g/mol. The van der Waals surface area contributed by atoms with E-state index in [0.717, 1.165) is 18.4 Å². The van der Waals surface area contributed by atoms with Crippen LogP contribution in [0, 0.1) is 6.92 Å². The fraction of sp³-hybridized carbons (Fsp3) is 0.429. The quantitative estimate of drug-likeness (QED) is 0.598. The van der Waals surface area contributed by atoms with Crippen molar-refractivity contribution >= 4 is 11.9 Å². The molecule has 2 aromatic rings. The lowest BCUT2D eigenvalue weighted by atomic mass is 10.1. The molecule has 1 aromatic heterocycles. The smallest absolute Gasteiger partial charge is 0.311 e. The SMILES string of the molecule is CCCCOc1ccc(C(C)NC(=O)c2c(C)coc2CC(=O)O)cc1OC. The Hall–Kier alpha value is -2.96. The summed E-state index contributed by atoms with van der Waals surface area (Å²) in [5.74, 6) is -0.0301. The number of carbonyl (C=O) groups is 2. The standard InChI is InChI=1S/C21H27NO6/c1-5-6-9-27-16-8-7-15(10-17(16)26-4)14(3)22-21(25)20-13(2)12-28-18(20)11-19(23)24/h7-8,10,12,14H,5-6,9,11H2,1-4H3,(H,22,25)(H,23,24). The first kappa shape index (κ1) is 21.3. The molecule has 0 spiro atoms. The minimum absolute atomic E-state index is 0.145. The van der Waals surface area contributed by atoms with Crippen LogP contribution < -0.4 is 14.8 Å². The van der Waals surface area contributed by atoms with Crippen molar-refractivity contribution < 1.29 is 28.6 Å². The Morgan fingerprint density at radius 3 is 2.68 bits per heavy atom. The molecule has 1 aromatic carbocycles. The lowest BCUT2D eigenvalue weighted by molar-refractivity contribution is -0.136. The molecule has 1 heterocycles. The molecule has 152 valence electrons. The molecule has 28 heavy (non-hydrogen) atoms. The molecule has 0 saturated carbocycles. The van der Waals surface area contributed by atoms with Crippen molar-refractivity contribution in [1.29, 1.82) is 0 Å². The molecule has 1 atom stereocenters. The van der Waals surface area contributed by atoms with Gasteiger partial charge in [-0.1, -0.05) is 19.4 Å². The number of aliphatic carboxylic acids is 1. The van der Waals surface area contributed by atoms with Crippen molar-refractivity contribution in [3.8, 4) is 11.5 Å². The Kier molecular flexibility index (Phi) is 7.49. The van der Waals surface area contributed by atoms with E-state index in [0.29, 0.717) is 23.7 Å².